The molecule has 16 heavy (non-hydrogen) atoms. The standard InChI is InChI=1S/C10H13ClIN3O/c11-7-2-1-6(3-7)4-13-9-8(12)10(16)15-5-14-9/h5-7H,1-4H2,(H2,13,14,15,16). The van der Waals surface area contributed by atoms with Gasteiger partial charge in [0.15, 0.2) is 0 Å². The van der Waals surface area contributed by atoms with Crippen LogP contribution in [0.5, 0.6) is 0 Å². The molecule has 0 saturated heterocycles. The number of H-pyrrole nitrogens is 1. The van der Waals surface area contributed by atoms with Crippen LogP contribution in [0.2, 0.25) is 0 Å². The van der Waals surface area contributed by atoms with Crippen molar-refractivity contribution in [2.45, 2.75) is 24.6 Å². The Balaban J connectivity index is 1.95. The van der Waals surface area contributed by atoms with Gasteiger partial charge in [-0.15, -0.1) is 11.6 Å². The second-order valence-electron chi connectivity index (χ2n) is 4.05. The summed E-state index contributed by atoms with van der Waals surface area (Å²) < 4.78 is 0.612. The molecular formula is C10H13ClIN3O. The molecule has 1 aromatic rings. The van der Waals surface area contributed by atoms with Crippen molar-refractivity contribution in [1.82, 2.24) is 9.97 Å². The van der Waals surface area contributed by atoms with Crippen molar-refractivity contribution in [3.63, 3.8) is 0 Å². The average molecular weight is 354 g/mol. The highest BCUT2D eigenvalue weighted by molar-refractivity contribution is 14.1. The molecular weight excluding hydrogens is 340 g/mol. The van der Waals surface area contributed by atoms with Crippen LogP contribution in [0.1, 0.15) is 19.3 Å². The van der Waals surface area contributed by atoms with Crippen LogP contribution in [0.3, 0.4) is 0 Å². The van der Waals surface area contributed by atoms with Crippen molar-refractivity contribution in [3.8, 4) is 0 Å². The maximum atomic E-state index is 11.3. The second-order valence-corrected chi connectivity index (χ2v) is 5.75. The summed E-state index contributed by atoms with van der Waals surface area (Å²) >= 11 is 8.05. The molecule has 2 rings (SSSR count). The lowest BCUT2D eigenvalue weighted by Gasteiger charge is -2.11. The zero-order valence-corrected chi connectivity index (χ0v) is 11.6. The Labute approximate surface area is 112 Å². The summed E-state index contributed by atoms with van der Waals surface area (Å²) in [6.45, 7) is 0.843. The van der Waals surface area contributed by atoms with E-state index in [0.717, 1.165) is 25.8 Å². The van der Waals surface area contributed by atoms with E-state index in [4.69, 9.17) is 11.6 Å². The second kappa shape index (κ2) is 5.35. The first-order valence-corrected chi connectivity index (χ1v) is 6.79. The molecule has 1 aliphatic rings. The van der Waals surface area contributed by atoms with E-state index in [1.807, 2.05) is 22.6 Å². The number of aromatic nitrogens is 2. The normalized spacial score (nSPS) is 24.6. The molecule has 0 aliphatic heterocycles. The van der Waals surface area contributed by atoms with Crippen molar-refractivity contribution in [2.75, 3.05) is 11.9 Å². The predicted octanol–water partition coefficient (Wildman–Crippen LogP) is 2.19. The molecule has 88 valence electrons. The topological polar surface area (TPSA) is 57.8 Å². The van der Waals surface area contributed by atoms with Gasteiger partial charge < -0.3 is 10.3 Å². The van der Waals surface area contributed by atoms with Crippen LogP contribution < -0.4 is 10.9 Å². The maximum absolute atomic E-state index is 11.3. The van der Waals surface area contributed by atoms with Crippen LogP contribution >= 0.6 is 34.2 Å². The molecule has 1 fully saturated rings. The van der Waals surface area contributed by atoms with Crippen molar-refractivity contribution in [1.29, 1.82) is 0 Å². The van der Waals surface area contributed by atoms with E-state index < -0.39 is 0 Å². The van der Waals surface area contributed by atoms with E-state index in [1.165, 1.54) is 6.33 Å². The number of hydrogen-bond donors (Lipinski definition) is 2. The molecule has 2 N–H and O–H groups in total. The third-order valence-electron chi connectivity index (χ3n) is 2.83. The van der Waals surface area contributed by atoms with Crippen LogP contribution in [-0.2, 0) is 0 Å². The summed E-state index contributed by atoms with van der Waals surface area (Å²) in [7, 11) is 0. The van der Waals surface area contributed by atoms with Crippen molar-refractivity contribution >= 4 is 40.0 Å². The quantitative estimate of drug-likeness (QED) is 0.647. The van der Waals surface area contributed by atoms with E-state index in [1.54, 1.807) is 0 Å². The fourth-order valence-electron chi connectivity index (χ4n) is 1.95. The maximum Gasteiger partial charge on any atom is 0.266 e. The number of alkyl halides is 1. The molecule has 0 spiro atoms. The Morgan fingerprint density at radius 3 is 3.12 bits per heavy atom. The van der Waals surface area contributed by atoms with Crippen LogP contribution in [-0.4, -0.2) is 21.9 Å². The molecule has 1 aromatic heterocycles. The van der Waals surface area contributed by atoms with Crippen LogP contribution in [0, 0.1) is 9.49 Å². The summed E-state index contributed by atoms with van der Waals surface area (Å²) in [5.74, 6) is 1.27. The van der Waals surface area contributed by atoms with Gasteiger partial charge in [0.05, 0.1) is 6.33 Å². The number of rotatable bonds is 3. The summed E-state index contributed by atoms with van der Waals surface area (Å²) in [5.41, 5.74) is -0.0975. The number of nitrogens with one attached hydrogen (secondary N) is 2. The van der Waals surface area contributed by atoms with Crippen molar-refractivity contribution in [2.24, 2.45) is 5.92 Å². The minimum atomic E-state index is -0.0975. The van der Waals surface area contributed by atoms with Gasteiger partial charge in [0.2, 0.25) is 0 Å². The fraction of sp³-hybridized carbons (Fsp3) is 0.600. The molecule has 1 heterocycles. The smallest absolute Gasteiger partial charge is 0.266 e. The van der Waals surface area contributed by atoms with Gasteiger partial charge in [-0.3, -0.25) is 4.79 Å². The Hall–Kier alpha value is -0.300. The number of halogens is 2. The van der Waals surface area contributed by atoms with Crippen LogP contribution in [0.4, 0.5) is 5.82 Å². The Morgan fingerprint density at radius 2 is 2.44 bits per heavy atom. The highest BCUT2D eigenvalue weighted by atomic mass is 127. The highest BCUT2D eigenvalue weighted by Crippen LogP contribution is 2.29. The van der Waals surface area contributed by atoms with Gasteiger partial charge >= 0.3 is 0 Å². The lowest BCUT2D eigenvalue weighted by Crippen LogP contribution is -2.18. The molecule has 2 unspecified atom stereocenters. The highest BCUT2D eigenvalue weighted by Gasteiger charge is 2.22. The lowest BCUT2D eigenvalue weighted by atomic mass is 10.1. The van der Waals surface area contributed by atoms with Gasteiger partial charge in [-0.2, -0.15) is 0 Å². The SMILES string of the molecule is O=c1[nH]cnc(NCC2CCC(Cl)C2)c1I. The molecule has 0 aromatic carbocycles. The van der Waals surface area contributed by atoms with Crippen molar-refractivity contribution in [3.05, 3.63) is 20.3 Å². The number of anilines is 1. The largest absolute Gasteiger partial charge is 0.369 e. The molecule has 0 bridgehead atoms. The van der Waals surface area contributed by atoms with E-state index in [0.29, 0.717) is 20.7 Å². The number of aromatic amines is 1. The fourth-order valence-corrected chi connectivity index (χ4v) is 2.81. The van der Waals surface area contributed by atoms with Gasteiger partial charge in [-0.1, -0.05) is 0 Å². The molecule has 6 heteroatoms. The molecule has 1 aliphatic carbocycles. The summed E-state index contributed by atoms with van der Waals surface area (Å²) in [4.78, 5) is 18.0. The van der Waals surface area contributed by atoms with E-state index in [2.05, 4.69) is 15.3 Å². The third-order valence-corrected chi connectivity index (χ3v) is 4.23. The first-order chi connectivity index (χ1) is 7.66. The Bertz CT molecular complexity index is 423. The monoisotopic (exact) mass is 353 g/mol. The molecule has 0 amide bonds. The van der Waals surface area contributed by atoms with Crippen LogP contribution in [0.25, 0.3) is 0 Å². The minimum absolute atomic E-state index is 0.0975. The number of hydrogen-bond acceptors (Lipinski definition) is 3. The Morgan fingerprint density at radius 1 is 1.62 bits per heavy atom. The van der Waals surface area contributed by atoms with Gasteiger partial charge in [0.1, 0.15) is 9.39 Å². The Kier molecular flexibility index (Phi) is 4.07. The average Bonchev–Trinajstić information content (AvgIpc) is 2.67. The van der Waals surface area contributed by atoms with E-state index >= 15 is 0 Å². The molecule has 1 saturated carbocycles. The summed E-state index contributed by atoms with van der Waals surface area (Å²) in [5, 5.41) is 3.54. The predicted molar refractivity (Wildman–Crippen MR) is 73.0 cm³/mol. The first kappa shape index (κ1) is 12.2. The molecule has 2 atom stereocenters. The van der Waals surface area contributed by atoms with E-state index in [-0.39, 0.29) is 5.56 Å². The summed E-state index contributed by atoms with van der Waals surface area (Å²) in [6.07, 6.45) is 4.72. The van der Waals surface area contributed by atoms with Gasteiger partial charge in [0, 0.05) is 11.9 Å². The van der Waals surface area contributed by atoms with Gasteiger partial charge in [-0.05, 0) is 47.8 Å². The zero-order valence-electron chi connectivity index (χ0n) is 8.67. The van der Waals surface area contributed by atoms with Gasteiger partial charge in [0.25, 0.3) is 5.56 Å². The molecule has 4 nitrogen and oxygen atoms in total. The number of nitrogens with zero attached hydrogens (tertiary/aromatic N) is 1. The minimum Gasteiger partial charge on any atom is -0.369 e. The van der Waals surface area contributed by atoms with Gasteiger partial charge in [-0.25, -0.2) is 4.98 Å². The first-order valence-electron chi connectivity index (χ1n) is 5.28. The van der Waals surface area contributed by atoms with E-state index in [9.17, 15) is 4.79 Å². The zero-order chi connectivity index (χ0) is 11.5. The van der Waals surface area contributed by atoms with Crippen molar-refractivity contribution < 1.29 is 0 Å². The lowest BCUT2D eigenvalue weighted by molar-refractivity contribution is 0.579. The summed E-state index contributed by atoms with van der Waals surface area (Å²) in [6, 6.07) is 0. The van der Waals surface area contributed by atoms with Crippen LogP contribution in [0.15, 0.2) is 11.1 Å². The third kappa shape index (κ3) is 2.88. The molecule has 0 radical (unpaired) electrons.